The molecule has 1 unspecified atom stereocenters. The van der Waals surface area contributed by atoms with E-state index in [2.05, 4.69) is 38.2 Å². The van der Waals surface area contributed by atoms with E-state index in [1.54, 1.807) is 0 Å². The molecule has 0 aromatic heterocycles. The van der Waals surface area contributed by atoms with Gasteiger partial charge in [0.05, 0.1) is 6.61 Å². The van der Waals surface area contributed by atoms with Gasteiger partial charge in [0.15, 0.2) is 0 Å². The van der Waals surface area contributed by atoms with Crippen LogP contribution in [0.25, 0.3) is 0 Å². The molecule has 1 aliphatic rings. The third kappa shape index (κ3) is 2.78. The third-order valence-electron chi connectivity index (χ3n) is 2.75. The smallest absolute Gasteiger partial charge is 0.120 e. The molecule has 0 aliphatic carbocycles. The molecule has 3 heteroatoms. The van der Waals surface area contributed by atoms with Gasteiger partial charge in [-0.25, -0.2) is 0 Å². The van der Waals surface area contributed by atoms with Crippen LogP contribution in [0.3, 0.4) is 0 Å². The number of ether oxygens (including phenoxy) is 1. The first kappa shape index (κ1) is 12.0. The highest BCUT2D eigenvalue weighted by Crippen LogP contribution is 2.31. The molecular formula is C13H19NOS. The van der Waals surface area contributed by atoms with Crippen LogP contribution in [-0.2, 0) is 4.74 Å². The van der Waals surface area contributed by atoms with Crippen molar-refractivity contribution in [2.45, 2.75) is 31.1 Å². The molecule has 1 aromatic rings. The van der Waals surface area contributed by atoms with E-state index in [4.69, 9.17) is 4.74 Å². The van der Waals surface area contributed by atoms with Crippen molar-refractivity contribution >= 4 is 11.8 Å². The predicted octanol–water partition coefficient (Wildman–Crippen LogP) is 2.65. The number of hydrogen-bond donors (Lipinski definition) is 1. The molecule has 1 atom stereocenters. The standard InChI is InChI=1S/C13H19NOS/c1-9-6-10(2)13(11(3)7-9)16-12-8-14-4-5-15-12/h6-7,12,14H,4-5,8H2,1-3H3. The summed E-state index contributed by atoms with van der Waals surface area (Å²) >= 11 is 1.84. The van der Waals surface area contributed by atoms with Crippen LogP contribution in [-0.4, -0.2) is 25.1 Å². The quantitative estimate of drug-likeness (QED) is 0.854. The second-order valence-corrected chi connectivity index (χ2v) is 5.52. The molecule has 0 saturated carbocycles. The maximum Gasteiger partial charge on any atom is 0.120 e. The summed E-state index contributed by atoms with van der Waals surface area (Å²) in [6.07, 6.45) is 0. The zero-order valence-electron chi connectivity index (χ0n) is 10.2. The predicted molar refractivity (Wildman–Crippen MR) is 69.1 cm³/mol. The molecule has 88 valence electrons. The number of morpholine rings is 1. The summed E-state index contributed by atoms with van der Waals surface area (Å²) in [7, 11) is 0. The lowest BCUT2D eigenvalue weighted by Crippen LogP contribution is -2.36. The first-order chi connectivity index (χ1) is 7.66. The lowest BCUT2D eigenvalue weighted by atomic mass is 10.1. The summed E-state index contributed by atoms with van der Waals surface area (Å²) in [6.45, 7) is 9.24. The van der Waals surface area contributed by atoms with Crippen LogP contribution in [0.1, 0.15) is 16.7 Å². The molecule has 0 amide bonds. The van der Waals surface area contributed by atoms with Crippen LogP contribution >= 0.6 is 11.8 Å². The maximum atomic E-state index is 5.72. The van der Waals surface area contributed by atoms with Gasteiger partial charge in [-0.05, 0) is 31.9 Å². The fourth-order valence-electron chi connectivity index (χ4n) is 2.10. The van der Waals surface area contributed by atoms with Crippen molar-refractivity contribution in [2.24, 2.45) is 0 Å². The highest BCUT2D eigenvalue weighted by Gasteiger charge is 2.16. The normalized spacial score (nSPS) is 21.1. The average molecular weight is 237 g/mol. The molecule has 0 radical (unpaired) electrons. The van der Waals surface area contributed by atoms with E-state index in [0.29, 0.717) is 0 Å². The maximum absolute atomic E-state index is 5.72. The van der Waals surface area contributed by atoms with E-state index in [1.807, 2.05) is 11.8 Å². The van der Waals surface area contributed by atoms with E-state index in [0.717, 1.165) is 19.7 Å². The molecule has 1 saturated heterocycles. The van der Waals surface area contributed by atoms with E-state index in [-0.39, 0.29) is 5.44 Å². The van der Waals surface area contributed by atoms with Gasteiger partial charge >= 0.3 is 0 Å². The highest BCUT2D eigenvalue weighted by molar-refractivity contribution is 7.99. The van der Waals surface area contributed by atoms with Crippen LogP contribution in [0.5, 0.6) is 0 Å². The Kier molecular flexibility index (Phi) is 3.90. The fraction of sp³-hybridized carbons (Fsp3) is 0.538. The van der Waals surface area contributed by atoms with Gasteiger partial charge in [0.25, 0.3) is 0 Å². The minimum atomic E-state index is 0.258. The molecule has 1 aliphatic heterocycles. The zero-order chi connectivity index (χ0) is 11.5. The molecule has 1 N–H and O–H groups in total. The van der Waals surface area contributed by atoms with Crippen molar-refractivity contribution in [2.75, 3.05) is 19.7 Å². The summed E-state index contributed by atoms with van der Waals surface area (Å²) in [4.78, 5) is 1.37. The summed E-state index contributed by atoms with van der Waals surface area (Å²) in [5.74, 6) is 0. The fourth-order valence-corrected chi connectivity index (χ4v) is 3.22. The van der Waals surface area contributed by atoms with Crippen LogP contribution in [0, 0.1) is 20.8 Å². The lowest BCUT2D eigenvalue weighted by Gasteiger charge is -2.24. The Morgan fingerprint density at radius 2 is 1.94 bits per heavy atom. The summed E-state index contributed by atoms with van der Waals surface area (Å²) < 4.78 is 5.72. The van der Waals surface area contributed by atoms with Crippen LogP contribution in [0.4, 0.5) is 0 Å². The Balaban J connectivity index is 2.14. The SMILES string of the molecule is Cc1cc(C)c(SC2CNCCO2)c(C)c1. The number of rotatable bonds is 2. The second-order valence-electron chi connectivity index (χ2n) is 4.35. The van der Waals surface area contributed by atoms with Crippen molar-refractivity contribution in [1.29, 1.82) is 0 Å². The molecular weight excluding hydrogens is 218 g/mol. The van der Waals surface area contributed by atoms with Gasteiger partial charge in [0, 0.05) is 18.0 Å². The van der Waals surface area contributed by atoms with Gasteiger partial charge in [-0.1, -0.05) is 29.5 Å². The minimum absolute atomic E-state index is 0.258. The summed E-state index contributed by atoms with van der Waals surface area (Å²) in [6, 6.07) is 4.48. The molecule has 0 spiro atoms. The Morgan fingerprint density at radius 3 is 2.50 bits per heavy atom. The Bertz CT molecular complexity index is 349. The molecule has 1 aromatic carbocycles. The minimum Gasteiger partial charge on any atom is -0.365 e. The molecule has 1 fully saturated rings. The van der Waals surface area contributed by atoms with Crippen molar-refractivity contribution in [3.8, 4) is 0 Å². The van der Waals surface area contributed by atoms with Crippen LogP contribution < -0.4 is 5.32 Å². The monoisotopic (exact) mass is 237 g/mol. The largest absolute Gasteiger partial charge is 0.365 e. The van der Waals surface area contributed by atoms with Gasteiger partial charge in [0.2, 0.25) is 0 Å². The second kappa shape index (κ2) is 5.21. The van der Waals surface area contributed by atoms with Crippen molar-refractivity contribution < 1.29 is 4.74 Å². The van der Waals surface area contributed by atoms with Gasteiger partial charge < -0.3 is 10.1 Å². The Hall–Kier alpha value is -0.510. The van der Waals surface area contributed by atoms with E-state index in [9.17, 15) is 0 Å². The third-order valence-corrected chi connectivity index (χ3v) is 4.19. The molecule has 16 heavy (non-hydrogen) atoms. The zero-order valence-corrected chi connectivity index (χ0v) is 11.0. The first-order valence-corrected chi connectivity index (χ1v) is 6.61. The number of aryl methyl sites for hydroxylation is 3. The first-order valence-electron chi connectivity index (χ1n) is 5.73. The van der Waals surface area contributed by atoms with Gasteiger partial charge in [-0.2, -0.15) is 0 Å². The molecule has 1 heterocycles. The summed E-state index contributed by atoms with van der Waals surface area (Å²) in [5, 5.41) is 3.36. The Morgan fingerprint density at radius 1 is 1.25 bits per heavy atom. The van der Waals surface area contributed by atoms with E-state index >= 15 is 0 Å². The van der Waals surface area contributed by atoms with E-state index in [1.165, 1.54) is 21.6 Å². The summed E-state index contributed by atoms with van der Waals surface area (Å²) in [5.41, 5.74) is 4.31. The highest BCUT2D eigenvalue weighted by atomic mass is 32.2. The number of thioether (sulfide) groups is 1. The van der Waals surface area contributed by atoms with Crippen LogP contribution in [0.2, 0.25) is 0 Å². The van der Waals surface area contributed by atoms with Gasteiger partial charge in [-0.15, -0.1) is 0 Å². The number of nitrogens with one attached hydrogen (secondary N) is 1. The van der Waals surface area contributed by atoms with Crippen molar-refractivity contribution in [3.63, 3.8) is 0 Å². The van der Waals surface area contributed by atoms with Crippen molar-refractivity contribution in [1.82, 2.24) is 5.32 Å². The number of hydrogen-bond acceptors (Lipinski definition) is 3. The van der Waals surface area contributed by atoms with Gasteiger partial charge in [0.1, 0.15) is 5.44 Å². The van der Waals surface area contributed by atoms with Gasteiger partial charge in [-0.3, -0.25) is 0 Å². The number of benzene rings is 1. The average Bonchev–Trinajstić information content (AvgIpc) is 2.25. The molecule has 0 bridgehead atoms. The lowest BCUT2D eigenvalue weighted by molar-refractivity contribution is 0.0852. The topological polar surface area (TPSA) is 21.3 Å². The molecule has 2 rings (SSSR count). The van der Waals surface area contributed by atoms with Crippen molar-refractivity contribution in [3.05, 3.63) is 28.8 Å². The molecule has 2 nitrogen and oxygen atoms in total. The Labute approximate surface area is 102 Å². The van der Waals surface area contributed by atoms with E-state index < -0.39 is 0 Å². The van der Waals surface area contributed by atoms with Crippen LogP contribution in [0.15, 0.2) is 17.0 Å².